The van der Waals surface area contributed by atoms with Crippen molar-refractivity contribution in [3.05, 3.63) is 63.7 Å². The Hall–Kier alpha value is -2.45. The number of anilines is 1. The maximum absolute atomic E-state index is 13.1. The Labute approximate surface area is 177 Å². The highest BCUT2D eigenvalue weighted by molar-refractivity contribution is 7.98. The van der Waals surface area contributed by atoms with Crippen molar-refractivity contribution in [3.8, 4) is 0 Å². The molecule has 0 fully saturated rings. The first-order chi connectivity index (χ1) is 14.0. The molecule has 0 radical (unpaired) electrons. The van der Waals surface area contributed by atoms with E-state index in [4.69, 9.17) is 10.1 Å². The first-order valence-corrected chi connectivity index (χ1v) is 11.5. The molecule has 2 aliphatic rings. The SMILES string of the molecule is CC1(C)CC(=O)C2=C(C1)Nc1nc(SCc3ccccn3)nn1[C@@H]2c1ccsc1. The first kappa shape index (κ1) is 18.6. The number of carbonyl (C=O) groups excluding carboxylic acids is 1. The molecule has 1 aliphatic carbocycles. The number of nitrogens with one attached hydrogen (secondary N) is 1. The van der Waals surface area contributed by atoms with Crippen LogP contribution in [-0.4, -0.2) is 25.5 Å². The number of carbonyl (C=O) groups is 1. The Bertz CT molecular complexity index is 1090. The van der Waals surface area contributed by atoms with Crippen LogP contribution in [0.15, 0.2) is 57.6 Å². The zero-order valence-corrected chi connectivity index (χ0v) is 17.9. The molecule has 0 saturated carbocycles. The highest BCUT2D eigenvalue weighted by atomic mass is 32.2. The fourth-order valence-corrected chi connectivity index (χ4v) is 5.43. The van der Waals surface area contributed by atoms with Gasteiger partial charge in [-0.05, 0) is 46.4 Å². The fraction of sp³-hybridized carbons (Fsp3) is 0.333. The second kappa shape index (κ2) is 7.11. The number of Topliss-reactive ketones (excluding diaryl/α,β-unsaturated/α-hetero) is 1. The molecule has 0 amide bonds. The van der Waals surface area contributed by atoms with E-state index in [2.05, 4.69) is 35.6 Å². The summed E-state index contributed by atoms with van der Waals surface area (Å²) < 4.78 is 1.87. The maximum atomic E-state index is 13.1. The predicted molar refractivity (Wildman–Crippen MR) is 115 cm³/mol. The molecule has 6 nitrogen and oxygen atoms in total. The molecule has 0 aromatic carbocycles. The zero-order valence-electron chi connectivity index (χ0n) is 16.3. The Morgan fingerprint density at radius 1 is 1.31 bits per heavy atom. The highest BCUT2D eigenvalue weighted by Gasteiger charge is 2.41. The Morgan fingerprint density at radius 2 is 2.21 bits per heavy atom. The molecule has 148 valence electrons. The molecule has 1 atom stereocenters. The summed E-state index contributed by atoms with van der Waals surface area (Å²) in [6.45, 7) is 4.28. The van der Waals surface area contributed by atoms with Gasteiger partial charge in [0.15, 0.2) is 5.78 Å². The summed E-state index contributed by atoms with van der Waals surface area (Å²) in [7, 11) is 0. The van der Waals surface area contributed by atoms with Crippen molar-refractivity contribution in [3.63, 3.8) is 0 Å². The van der Waals surface area contributed by atoms with Crippen LogP contribution >= 0.6 is 23.1 Å². The van der Waals surface area contributed by atoms with E-state index in [1.807, 2.05) is 28.3 Å². The predicted octanol–water partition coefficient (Wildman–Crippen LogP) is 4.69. The average Bonchev–Trinajstić information content (AvgIpc) is 3.34. The van der Waals surface area contributed by atoms with Crippen LogP contribution < -0.4 is 5.32 Å². The molecule has 3 aromatic heterocycles. The lowest BCUT2D eigenvalue weighted by Crippen LogP contribution is -2.36. The monoisotopic (exact) mass is 423 g/mol. The Kier molecular flexibility index (Phi) is 4.55. The molecule has 3 aromatic rings. The Balaban J connectivity index is 1.51. The van der Waals surface area contributed by atoms with Crippen LogP contribution in [0, 0.1) is 5.41 Å². The van der Waals surface area contributed by atoms with Crippen LogP contribution in [0.1, 0.15) is 44.0 Å². The van der Waals surface area contributed by atoms with Gasteiger partial charge in [-0.1, -0.05) is 31.7 Å². The van der Waals surface area contributed by atoms with Crippen LogP contribution in [0.3, 0.4) is 0 Å². The summed E-state index contributed by atoms with van der Waals surface area (Å²) in [6.07, 6.45) is 3.18. The number of thiophene rings is 1. The van der Waals surface area contributed by atoms with Crippen LogP contribution in [0.4, 0.5) is 5.95 Å². The first-order valence-electron chi connectivity index (χ1n) is 9.55. The van der Waals surface area contributed by atoms with Gasteiger partial charge >= 0.3 is 0 Å². The lowest BCUT2D eigenvalue weighted by molar-refractivity contribution is -0.118. The summed E-state index contributed by atoms with van der Waals surface area (Å²) in [5, 5.41) is 13.0. The number of fused-ring (bicyclic) bond motifs is 1. The van der Waals surface area contributed by atoms with E-state index in [9.17, 15) is 4.79 Å². The number of allylic oxidation sites excluding steroid dienone is 2. The number of aromatic nitrogens is 4. The highest BCUT2D eigenvalue weighted by Crippen LogP contribution is 2.45. The largest absolute Gasteiger partial charge is 0.328 e. The third kappa shape index (κ3) is 3.51. The maximum Gasteiger partial charge on any atom is 0.227 e. The standard InChI is InChI=1S/C21H21N5OS2/c1-21(2)9-15-17(16(27)10-21)18(13-6-8-28-11-13)26-19(23-15)24-20(25-26)29-12-14-5-3-4-7-22-14/h3-8,11,18H,9-10,12H2,1-2H3,(H,23,24,25)/t18-/m1/s1. The second-order valence-electron chi connectivity index (χ2n) is 8.19. The van der Waals surface area contributed by atoms with E-state index in [1.54, 1.807) is 29.3 Å². The summed E-state index contributed by atoms with van der Waals surface area (Å²) >= 11 is 3.19. The van der Waals surface area contributed by atoms with Gasteiger partial charge in [0.2, 0.25) is 11.1 Å². The second-order valence-corrected chi connectivity index (χ2v) is 9.91. The minimum atomic E-state index is -0.215. The van der Waals surface area contributed by atoms with Gasteiger partial charge in [-0.25, -0.2) is 4.68 Å². The molecule has 8 heteroatoms. The number of rotatable bonds is 4. The van der Waals surface area contributed by atoms with Gasteiger partial charge in [0.05, 0.1) is 5.69 Å². The molecule has 0 spiro atoms. The van der Waals surface area contributed by atoms with Gasteiger partial charge in [-0.3, -0.25) is 9.78 Å². The van der Waals surface area contributed by atoms with E-state index in [1.165, 1.54) is 0 Å². The minimum absolute atomic E-state index is 0.0547. The molecular weight excluding hydrogens is 402 g/mol. The van der Waals surface area contributed by atoms with E-state index >= 15 is 0 Å². The number of ketones is 1. The van der Waals surface area contributed by atoms with Crippen LogP contribution in [-0.2, 0) is 10.5 Å². The van der Waals surface area contributed by atoms with Crippen molar-refractivity contribution in [1.82, 2.24) is 19.7 Å². The lowest BCUT2D eigenvalue weighted by Gasteiger charge is -2.37. The molecular formula is C21H21N5OS2. The van der Waals surface area contributed by atoms with Gasteiger partial charge in [0.1, 0.15) is 6.04 Å². The van der Waals surface area contributed by atoms with Gasteiger partial charge in [-0.15, -0.1) is 5.10 Å². The summed E-state index contributed by atoms with van der Waals surface area (Å²) in [4.78, 5) is 22.2. The van der Waals surface area contributed by atoms with Gasteiger partial charge in [0.25, 0.3) is 0 Å². The minimum Gasteiger partial charge on any atom is -0.328 e. The van der Waals surface area contributed by atoms with E-state index in [0.717, 1.165) is 28.9 Å². The van der Waals surface area contributed by atoms with E-state index < -0.39 is 0 Å². The smallest absolute Gasteiger partial charge is 0.227 e. The van der Waals surface area contributed by atoms with Crippen molar-refractivity contribution < 1.29 is 4.79 Å². The van der Waals surface area contributed by atoms with Crippen LogP contribution in [0.5, 0.6) is 0 Å². The molecule has 4 heterocycles. The number of pyridine rings is 1. The van der Waals surface area contributed by atoms with Crippen molar-refractivity contribution in [1.29, 1.82) is 0 Å². The molecule has 5 rings (SSSR count). The quantitative estimate of drug-likeness (QED) is 0.614. The van der Waals surface area contributed by atoms with Crippen molar-refractivity contribution in [2.75, 3.05) is 5.32 Å². The summed E-state index contributed by atoms with van der Waals surface area (Å²) in [5.74, 6) is 1.60. The molecule has 29 heavy (non-hydrogen) atoms. The van der Waals surface area contributed by atoms with Crippen LogP contribution in [0.2, 0.25) is 0 Å². The third-order valence-electron chi connectivity index (χ3n) is 5.25. The van der Waals surface area contributed by atoms with Crippen molar-refractivity contribution >= 4 is 34.8 Å². The van der Waals surface area contributed by atoms with Crippen molar-refractivity contribution in [2.24, 2.45) is 5.41 Å². The molecule has 0 unspecified atom stereocenters. The molecule has 0 saturated heterocycles. The number of hydrogen-bond acceptors (Lipinski definition) is 7. The number of thioether (sulfide) groups is 1. The summed E-state index contributed by atoms with van der Waals surface area (Å²) in [5.41, 5.74) is 3.84. The average molecular weight is 424 g/mol. The van der Waals surface area contributed by atoms with E-state index in [-0.39, 0.29) is 17.2 Å². The van der Waals surface area contributed by atoms with E-state index in [0.29, 0.717) is 23.3 Å². The lowest BCUT2D eigenvalue weighted by atomic mass is 9.73. The van der Waals surface area contributed by atoms with Crippen LogP contribution in [0.25, 0.3) is 0 Å². The fourth-order valence-electron chi connectivity index (χ4n) is 4.01. The number of nitrogens with zero attached hydrogens (tertiary/aromatic N) is 4. The topological polar surface area (TPSA) is 72.7 Å². The van der Waals surface area contributed by atoms with Crippen molar-refractivity contribution in [2.45, 2.75) is 43.6 Å². The zero-order chi connectivity index (χ0) is 20.0. The van der Waals surface area contributed by atoms with Gasteiger partial charge in [-0.2, -0.15) is 16.3 Å². The summed E-state index contributed by atoms with van der Waals surface area (Å²) in [6, 6.07) is 7.74. The van der Waals surface area contributed by atoms with Gasteiger partial charge < -0.3 is 5.32 Å². The molecule has 0 bridgehead atoms. The third-order valence-corrected chi connectivity index (χ3v) is 6.82. The van der Waals surface area contributed by atoms with Gasteiger partial charge in [0, 0.05) is 29.6 Å². The Morgan fingerprint density at radius 3 is 2.97 bits per heavy atom. The normalized spacial score (nSPS) is 20.2. The number of hydrogen-bond donors (Lipinski definition) is 1. The molecule has 1 aliphatic heterocycles. The molecule has 1 N–H and O–H groups in total.